The minimum Gasteiger partial charge on any atom is -0.497 e. The van der Waals surface area contributed by atoms with Gasteiger partial charge in [0.15, 0.2) is 0 Å². The SMILES string of the molecule is CCN(C=O)CC.COc1ccc2c(c1)C[C@@H](N)CC2. The van der Waals surface area contributed by atoms with Gasteiger partial charge in [-0.1, -0.05) is 6.07 Å². The molecule has 1 atom stereocenters. The molecule has 1 aromatic rings. The van der Waals surface area contributed by atoms with Crippen molar-refractivity contribution in [1.29, 1.82) is 0 Å². The Labute approximate surface area is 121 Å². The molecule has 0 fully saturated rings. The van der Waals surface area contributed by atoms with Gasteiger partial charge in [-0.2, -0.15) is 0 Å². The van der Waals surface area contributed by atoms with Crippen LogP contribution in [0.1, 0.15) is 31.4 Å². The second-order valence-electron chi connectivity index (χ2n) is 4.96. The molecule has 0 spiro atoms. The molecule has 0 radical (unpaired) electrons. The first-order valence-electron chi connectivity index (χ1n) is 7.25. The summed E-state index contributed by atoms with van der Waals surface area (Å²) in [6.07, 6.45) is 4.08. The number of hydrogen-bond acceptors (Lipinski definition) is 3. The van der Waals surface area contributed by atoms with Gasteiger partial charge in [0.1, 0.15) is 5.75 Å². The number of nitrogens with zero attached hydrogens (tertiary/aromatic N) is 1. The predicted molar refractivity (Wildman–Crippen MR) is 82.0 cm³/mol. The highest BCUT2D eigenvalue weighted by molar-refractivity contribution is 5.46. The summed E-state index contributed by atoms with van der Waals surface area (Å²) in [4.78, 5) is 11.6. The third kappa shape index (κ3) is 4.85. The molecule has 0 bridgehead atoms. The number of amides is 1. The highest BCUT2D eigenvalue weighted by Crippen LogP contribution is 2.24. The Balaban J connectivity index is 0.000000246. The van der Waals surface area contributed by atoms with E-state index in [1.165, 1.54) is 11.1 Å². The number of fused-ring (bicyclic) bond motifs is 1. The fraction of sp³-hybridized carbons (Fsp3) is 0.562. The maximum absolute atomic E-state index is 9.89. The van der Waals surface area contributed by atoms with Crippen molar-refractivity contribution >= 4 is 6.41 Å². The lowest BCUT2D eigenvalue weighted by Gasteiger charge is -2.21. The van der Waals surface area contributed by atoms with Crippen molar-refractivity contribution in [2.24, 2.45) is 5.73 Å². The van der Waals surface area contributed by atoms with Gasteiger partial charge in [0.25, 0.3) is 0 Å². The zero-order valence-electron chi connectivity index (χ0n) is 12.8. The van der Waals surface area contributed by atoms with Gasteiger partial charge in [0.05, 0.1) is 7.11 Å². The average molecular weight is 278 g/mol. The van der Waals surface area contributed by atoms with Crippen LogP contribution in [-0.4, -0.2) is 37.6 Å². The quantitative estimate of drug-likeness (QED) is 0.857. The molecular weight excluding hydrogens is 252 g/mol. The molecule has 1 aliphatic carbocycles. The van der Waals surface area contributed by atoms with Gasteiger partial charge in [-0.05, 0) is 56.4 Å². The van der Waals surface area contributed by atoms with E-state index >= 15 is 0 Å². The van der Waals surface area contributed by atoms with Gasteiger partial charge in [0, 0.05) is 19.1 Å². The Morgan fingerprint density at radius 2 is 2.05 bits per heavy atom. The Kier molecular flexibility index (Phi) is 7.09. The second kappa shape index (κ2) is 8.59. The topological polar surface area (TPSA) is 55.6 Å². The molecule has 20 heavy (non-hydrogen) atoms. The van der Waals surface area contributed by atoms with Crippen LogP contribution in [-0.2, 0) is 17.6 Å². The normalized spacial score (nSPS) is 16.5. The molecule has 2 rings (SSSR count). The van der Waals surface area contributed by atoms with Crippen molar-refractivity contribution in [2.45, 2.75) is 39.2 Å². The predicted octanol–water partition coefficient (Wildman–Crippen LogP) is 2.00. The molecule has 0 aliphatic heterocycles. The van der Waals surface area contributed by atoms with E-state index in [9.17, 15) is 4.79 Å². The average Bonchev–Trinajstić information content (AvgIpc) is 2.49. The van der Waals surface area contributed by atoms with E-state index < -0.39 is 0 Å². The molecule has 1 aliphatic rings. The van der Waals surface area contributed by atoms with E-state index in [1.54, 1.807) is 12.0 Å². The zero-order chi connectivity index (χ0) is 15.0. The summed E-state index contributed by atoms with van der Waals surface area (Å²) in [6, 6.07) is 6.61. The van der Waals surface area contributed by atoms with Crippen LogP contribution in [0.3, 0.4) is 0 Å². The second-order valence-corrected chi connectivity index (χ2v) is 4.96. The van der Waals surface area contributed by atoms with Crippen molar-refractivity contribution in [2.75, 3.05) is 20.2 Å². The van der Waals surface area contributed by atoms with Crippen LogP contribution in [0.2, 0.25) is 0 Å². The summed E-state index contributed by atoms with van der Waals surface area (Å²) in [7, 11) is 1.70. The molecular formula is C16H26N2O2. The maximum Gasteiger partial charge on any atom is 0.209 e. The van der Waals surface area contributed by atoms with Crippen molar-refractivity contribution in [1.82, 2.24) is 4.90 Å². The highest BCUT2D eigenvalue weighted by atomic mass is 16.5. The Morgan fingerprint density at radius 1 is 1.35 bits per heavy atom. The summed E-state index contributed by atoms with van der Waals surface area (Å²) in [5, 5.41) is 0. The van der Waals surface area contributed by atoms with E-state index in [4.69, 9.17) is 10.5 Å². The molecule has 0 saturated heterocycles. The lowest BCUT2D eigenvalue weighted by Crippen LogP contribution is -2.27. The number of benzene rings is 1. The Morgan fingerprint density at radius 3 is 2.55 bits per heavy atom. The van der Waals surface area contributed by atoms with E-state index in [0.717, 1.165) is 44.5 Å². The monoisotopic (exact) mass is 278 g/mol. The number of nitrogens with two attached hydrogens (primary N) is 1. The molecule has 2 N–H and O–H groups in total. The molecule has 4 nitrogen and oxygen atoms in total. The van der Waals surface area contributed by atoms with Gasteiger partial charge in [-0.3, -0.25) is 4.79 Å². The van der Waals surface area contributed by atoms with Crippen molar-refractivity contribution in [3.05, 3.63) is 29.3 Å². The van der Waals surface area contributed by atoms with Crippen LogP contribution in [0, 0.1) is 0 Å². The molecule has 1 amide bonds. The minimum atomic E-state index is 0.333. The van der Waals surface area contributed by atoms with Crippen LogP contribution in [0.15, 0.2) is 18.2 Å². The smallest absolute Gasteiger partial charge is 0.209 e. The van der Waals surface area contributed by atoms with Crippen LogP contribution in [0.25, 0.3) is 0 Å². The van der Waals surface area contributed by atoms with Crippen molar-refractivity contribution in [3.63, 3.8) is 0 Å². The number of rotatable bonds is 4. The molecule has 0 aromatic heterocycles. The Hall–Kier alpha value is -1.55. The first-order chi connectivity index (χ1) is 9.64. The fourth-order valence-corrected chi connectivity index (χ4v) is 2.26. The van der Waals surface area contributed by atoms with Crippen LogP contribution < -0.4 is 10.5 Å². The van der Waals surface area contributed by atoms with Gasteiger partial charge in [-0.15, -0.1) is 0 Å². The first-order valence-corrected chi connectivity index (χ1v) is 7.25. The number of ether oxygens (including phenoxy) is 1. The first kappa shape index (κ1) is 16.5. The lowest BCUT2D eigenvalue weighted by molar-refractivity contribution is -0.117. The van der Waals surface area contributed by atoms with Crippen LogP contribution in [0.5, 0.6) is 5.75 Å². The molecule has 4 heteroatoms. The molecule has 112 valence electrons. The van der Waals surface area contributed by atoms with E-state index in [1.807, 2.05) is 19.9 Å². The van der Waals surface area contributed by atoms with Gasteiger partial charge < -0.3 is 15.4 Å². The minimum absolute atomic E-state index is 0.333. The zero-order valence-corrected chi connectivity index (χ0v) is 12.8. The summed E-state index contributed by atoms with van der Waals surface area (Å²) in [6.45, 7) is 5.55. The number of carbonyl (C=O) groups excluding carboxylic acids is 1. The molecule has 0 unspecified atom stereocenters. The van der Waals surface area contributed by atoms with E-state index in [0.29, 0.717) is 6.04 Å². The van der Waals surface area contributed by atoms with Crippen LogP contribution in [0.4, 0.5) is 0 Å². The van der Waals surface area contributed by atoms with Gasteiger partial charge in [0.2, 0.25) is 6.41 Å². The number of carbonyl (C=O) groups is 1. The molecule has 1 aromatic carbocycles. The number of methoxy groups -OCH3 is 1. The van der Waals surface area contributed by atoms with Crippen molar-refractivity contribution < 1.29 is 9.53 Å². The standard InChI is InChI=1S/C11H15NO.C5H11NO/c1-13-11-5-3-8-2-4-10(12)6-9(8)7-11;1-3-6(4-2)5-7/h3,5,7,10H,2,4,6,12H2,1H3;5H,3-4H2,1-2H3/t10-;/m0./s1. The summed E-state index contributed by atoms with van der Waals surface area (Å²) in [5.41, 5.74) is 8.69. The maximum atomic E-state index is 9.89. The van der Waals surface area contributed by atoms with Gasteiger partial charge in [-0.25, -0.2) is 0 Å². The third-order valence-corrected chi connectivity index (χ3v) is 3.64. The van der Waals surface area contributed by atoms with Gasteiger partial charge >= 0.3 is 0 Å². The fourth-order valence-electron chi connectivity index (χ4n) is 2.26. The molecule has 0 saturated carbocycles. The number of hydrogen-bond donors (Lipinski definition) is 1. The molecule has 0 heterocycles. The van der Waals surface area contributed by atoms with E-state index in [2.05, 4.69) is 12.1 Å². The summed E-state index contributed by atoms with van der Waals surface area (Å²) >= 11 is 0. The van der Waals surface area contributed by atoms with Crippen molar-refractivity contribution in [3.8, 4) is 5.75 Å². The Bertz CT molecular complexity index is 417. The lowest BCUT2D eigenvalue weighted by atomic mass is 9.89. The summed E-state index contributed by atoms with van der Waals surface area (Å²) < 4.78 is 5.17. The highest BCUT2D eigenvalue weighted by Gasteiger charge is 2.15. The largest absolute Gasteiger partial charge is 0.497 e. The van der Waals surface area contributed by atoms with E-state index in [-0.39, 0.29) is 0 Å². The third-order valence-electron chi connectivity index (χ3n) is 3.64. The van der Waals surface area contributed by atoms with Crippen LogP contribution >= 0.6 is 0 Å². The number of aryl methyl sites for hydroxylation is 1. The summed E-state index contributed by atoms with van der Waals surface area (Å²) in [5.74, 6) is 0.938.